The number of carbonyl (C=O) groups excluding carboxylic acids is 2. The molecule has 0 bridgehead atoms. The van der Waals surface area contributed by atoms with Gasteiger partial charge < -0.3 is 11.5 Å². The van der Waals surface area contributed by atoms with Crippen LogP contribution in [0.25, 0.3) is 0 Å². The number of carbonyl (C=O) groups is 2. The summed E-state index contributed by atoms with van der Waals surface area (Å²) in [5.74, 6) is -0.0469. The quantitative estimate of drug-likeness (QED) is 0.881. The third kappa shape index (κ3) is 2.86. The van der Waals surface area contributed by atoms with Crippen LogP contribution in [-0.2, 0) is 11.3 Å². The van der Waals surface area contributed by atoms with Gasteiger partial charge in [0.15, 0.2) is 0 Å². The summed E-state index contributed by atoms with van der Waals surface area (Å²) >= 11 is 0. The molecular weight excluding hydrogens is 278 g/mol. The fraction of sp³-hybridized carbons (Fsp3) is 0.529. The van der Waals surface area contributed by atoms with Crippen LogP contribution in [0.1, 0.15) is 48.0 Å². The lowest BCUT2D eigenvalue weighted by Crippen LogP contribution is -2.44. The predicted molar refractivity (Wildman–Crippen MR) is 83.8 cm³/mol. The van der Waals surface area contributed by atoms with Crippen LogP contribution >= 0.6 is 0 Å². The van der Waals surface area contributed by atoms with Crippen LogP contribution in [0.15, 0.2) is 24.3 Å². The van der Waals surface area contributed by atoms with E-state index in [2.05, 4.69) is 4.90 Å². The second-order valence-corrected chi connectivity index (χ2v) is 6.50. The summed E-state index contributed by atoms with van der Waals surface area (Å²) in [6.45, 7) is 0.702. The summed E-state index contributed by atoms with van der Waals surface area (Å²) in [7, 11) is 0. The van der Waals surface area contributed by atoms with E-state index in [1.54, 1.807) is 12.1 Å². The summed E-state index contributed by atoms with van der Waals surface area (Å²) in [4.78, 5) is 25.2. The van der Waals surface area contributed by atoms with Crippen LogP contribution in [0.5, 0.6) is 0 Å². The number of amides is 2. The number of likely N-dealkylation sites (tertiary alicyclic amines) is 1. The molecule has 3 rings (SSSR count). The molecule has 0 radical (unpaired) electrons. The van der Waals surface area contributed by atoms with Crippen molar-refractivity contribution >= 4 is 11.8 Å². The molecule has 1 aliphatic carbocycles. The highest BCUT2D eigenvalue weighted by molar-refractivity contribution is 5.92. The highest BCUT2D eigenvalue weighted by Gasteiger charge is 2.44. The summed E-state index contributed by atoms with van der Waals surface area (Å²) < 4.78 is 0. The monoisotopic (exact) mass is 301 g/mol. The number of rotatable bonds is 4. The van der Waals surface area contributed by atoms with Crippen LogP contribution < -0.4 is 11.5 Å². The maximum absolute atomic E-state index is 11.8. The van der Waals surface area contributed by atoms with Crippen molar-refractivity contribution in [3.05, 3.63) is 35.4 Å². The van der Waals surface area contributed by atoms with Crippen molar-refractivity contribution in [1.82, 2.24) is 4.90 Å². The van der Waals surface area contributed by atoms with Gasteiger partial charge in [0.2, 0.25) is 11.8 Å². The highest BCUT2D eigenvalue weighted by Crippen LogP contribution is 2.40. The first-order valence-corrected chi connectivity index (χ1v) is 8.00. The largest absolute Gasteiger partial charge is 0.368 e. The highest BCUT2D eigenvalue weighted by atomic mass is 16.1. The minimum Gasteiger partial charge on any atom is -0.368 e. The number of nitrogens with zero attached hydrogens (tertiary/aromatic N) is 1. The molecule has 5 nitrogen and oxygen atoms in total. The number of hydrogen-bond donors (Lipinski definition) is 2. The Hall–Kier alpha value is -1.88. The van der Waals surface area contributed by atoms with Crippen molar-refractivity contribution in [2.45, 2.75) is 50.7 Å². The molecule has 5 heteroatoms. The average Bonchev–Trinajstić information content (AvgIpc) is 2.87. The first kappa shape index (κ1) is 15.0. The first-order valence-electron chi connectivity index (χ1n) is 8.00. The van der Waals surface area contributed by atoms with Crippen LogP contribution in [0, 0.1) is 5.92 Å². The molecule has 118 valence electrons. The predicted octanol–water partition coefficient (Wildman–Crippen LogP) is 1.40. The van der Waals surface area contributed by atoms with Gasteiger partial charge in [-0.2, -0.15) is 0 Å². The molecule has 1 saturated heterocycles. The van der Waals surface area contributed by atoms with E-state index >= 15 is 0 Å². The smallest absolute Gasteiger partial charge is 0.248 e. The molecule has 3 atom stereocenters. The number of hydrogen-bond acceptors (Lipinski definition) is 3. The summed E-state index contributed by atoms with van der Waals surface area (Å²) in [6.07, 6.45) is 5.72. The van der Waals surface area contributed by atoms with E-state index in [0.29, 0.717) is 24.1 Å². The maximum Gasteiger partial charge on any atom is 0.248 e. The molecule has 2 fully saturated rings. The SMILES string of the molecule is NC(=O)c1ccc(CN2[C@H](C(N)=O)C[C@@H]3CCCC[C@@H]32)cc1. The van der Waals surface area contributed by atoms with Gasteiger partial charge in [0.1, 0.15) is 0 Å². The molecule has 0 aromatic heterocycles. The number of primary amides is 2. The number of fused-ring (bicyclic) bond motifs is 1. The first-order chi connectivity index (χ1) is 10.6. The fourth-order valence-electron chi connectivity index (χ4n) is 4.05. The third-order valence-corrected chi connectivity index (χ3v) is 5.15. The zero-order valence-corrected chi connectivity index (χ0v) is 12.7. The molecule has 1 aromatic carbocycles. The van der Waals surface area contributed by atoms with Crippen molar-refractivity contribution in [3.8, 4) is 0 Å². The molecule has 0 spiro atoms. The van der Waals surface area contributed by atoms with E-state index in [1.165, 1.54) is 19.3 Å². The van der Waals surface area contributed by atoms with Gasteiger partial charge in [0.25, 0.3) is 0 Å². The van der Waals surface area contributed by atoms with Crippen molar-refractivity contribution < 1.29 is 9.59 Å². The summed E-state index contributed by atoms with van der Waals surface area (Å²) in [5, 5.41) is 0. The fourth-order valence-corrected chi connectivity index (χ4v) is 4.05. The Morgan fingerprint density at radius 1 is 1.09 bits per heavy atom. The zero-order valence-electron chi connectivity index (χ0n) is 12.7. The Morgan fingerprint density at radius 3 is 2.41 bits per heavy atom. The Balaban J connectivity index is 1.78. The minimum atomic E-state index is -0.421. The molecule has 1 aliphatic heterocycles. The van der Waals surface area contributed by atoms with Gasteiger partial charge >= 0.3 is 0 Å². The zero-order chi connectivity index (χ0) is 15.7. The molecule has 2 amide bonds. The van der Waals surface area contributed by atoms with Crippen molar-refractivity contribution in [2.75, 3.05) is 0 Å². The van der Waals surface area contributed by atoms with E-state index < -0.39 is 5.91 Å². The molecule has 22 heavy (non-hydrogen) atoms. The molecule has 1 aromatic rings. The normalized spacial score (nSPS) is 28.3. The van der Waals surface area contributed by atoms with Gasteiger partial charge in [-0.3, -0.25) is 14.5 Å². The Bertz CT molecular complexity index is 570. The Kier molecular flexibility index (Phi) is 4.16. The Morgan fingerprint density at radius 2 is 1.77 bits per heavy atom. The topological polar surface area (TPSA) is 89.4 Å². The van der Waals surface area contributed by atoms with Gasteiger partial charge in [0, 0.05) is 18.2 Å². The van der Waals surface area contributed by atoms with Gasteiger partial charge in [-0.15, -0.1) is 0 Å². The molecule has 1 saturated carbocycles. The van der Waals surface area contributed by atoms with E-state index in [-0.39, 0.29) is 11.9 Å². The Labute approximate surface area is 130 Å². The van der Waals surface area contributed by atoms with Crippen molar-refractivity contribution in [3.63, 3.8) is 0 Å². The average molecular weight is 301 g/mol. The van der Waals surface area contributed by atoms with Gasteiger partial charge in [-0.25, -0.2) is 0 Å². The molecular formula is C17H23N3O2. The summed E-state index contributed by atoms with van der Waals surface area (Å²) in [6, 6.07) is 7.60. The van der Waals surface area contributed by atoms with E-state index in [9.17, 15) is 9.59 Å². The van der Waals surface area contributed by atoms with Crippen molar-refractivity contribution in [1.29, 1.82) is 0 Å². The minimum absolute atomic E-state index is 0.163. The van der Waals surface area contributed by atoms with E-state index in [0.717, 1.165) is 18.4 Å². The van der Waals surface area contributed by atoms with E-state index in [1.807, 2.05) is 12.1 Å². The lowest BCUT2D eigenvalue weighted by atomic mass is 9.84. The number of benzene rings is 1. The van der Waals surface area contributed by atoms with Crippen LogP contribution in [0.3, 0.4) is 0 Å². The lowest BCUT2D eigenvalue weighted by Gasteiger charge is -2.33. The maximum atomic E-state index is 11.8. The number of nitrogens with two attached hydrogens (primary N) is 2. The molecule has 1 heterocycles. The molecule has 0 unspecified atom stereocenters. The van der Waals surface area contributed by atoms with E-state index in [4.69, 9.17) is 11.5 Å². The van der Waals surface area contributed by atoms with Gasteiger partial charge in [-0.1, -0.05) is 25.0 Å². The standard InChI is InChI=1S/C17H23N3O2/c18-16(21)12-7-5-11(6-8-12)10-20-14-4-2-1-3-13(14)9-15(20)17(19)22/h5-8,13-15H,1-4,9-10H2,(H2,18,21)(H2,19,22)/t13-,14-,15-/m0/s1. The molecule has 4 N–H and O–H groups in total. The van der Waals surface area contributed by atoms with Crippen molar-refractivity contribution in [2.24, 2.45) is 17.4 Å². The van der Waals surface area contributed by atoms with Gasteiger partial charge in [-0.05, 0) is 42.9 Å². The van der Waals surface area contributed by atoms with Crippen LogP contribution in [0.4, 0.5) is 0 Å². The summed E-state index contributed by atoms with van der Waals surface area (Å²) in [5.41, 5.74) is 12.5. The van der Waals surface area contributed by atoms with Crippen LogP contribution in [0.2, 0.25) is 0 Å². The second kappa shape index (κ2) is 6.08. The van der Waals surface area contributed by atoms with Gasteiger partial charge in [0.05, 0.1) is 6.04 Å². The molecule has 2 aliphatic rings. The van der Waals surface area contributed by atoms with Crippen LogP contribution in [-0.4, -0.2) is 28.8 Å². The second-order valence-electron chi connectivity index (χ2n) is 6.50. The third-order valence-electron chi connectivity index (χ3n) is 5.15. The lowest BCUT2D eigenvalue weighted by molar-refractivity contribution is -0.122.